The van der Waals surface area contributed by atoms with E-state index >= 15 is 0 Å². The van der Waals surface area contributed by atoms with Gasteiger partial charge < -0.3 is 10.6 Å². The molecule has 1 aromatic rings. The topological polar surface area (TPSA) is 46.3 Å². The minimum Gasteiger partial charge on any atom is -0.347 e. The molecule has 0 saturated carbocycles. The molecule has 3 heteroatoms. The van der Waals surface area contributed by atoms with Crippen molar-refractivity contribution in [2.45, 2.75) is 13.0 Å². The van der Waals surface area contributed by atoms with E-state index in [-0.39, 0.29) is 5.91 Å². The van der Waals surface area contributed by atoms with E-state index in [4.69, 9.17) is 5.73 Å². The molecule has 0 saturated heterocycles. The van der Waals surface area contributed by atoms with E-state index in [1.165, 1.54) is 4.90 Å². The standard InChI is InChI=1S/C11H16N2O/c1-8-6-4-5-7-9(8)10(12)11(14)13(2)3/h4-7,10H,12H2,1-3H3. The van der Waals surface area contributed by atoms with Gasteiger partial charge in [0.1, 0.15) is 6.04 Å². The lowest BCUT2D eigenvalue weighted by Gasteiger charge is -2.18. The largest absolute Gasteiger partial charge is 0.347 e. The molecule has 0 bridgehead atoms. The fourth-order valence-electron chi connectivity index (χ4n) is 1.35. The van der Waals surface area contributed by atoms with Crippen molar-refractivity contribution in [3.05, 3.63) is 35.4 Å². The third-order valence-corrected chi connectivity index (χ3v) is 2.23. The van der Waals surface area contributed by atoms with Gasteiger partial charge in [-0.1, -0.05) is 24.3 Å². The number of nitrogens with two attached hydrogens (primary N) is 1. The number of benzene rings is 1. The van der Waals surface area contributed by atoms with E-state index in [0.29, 0.717) is 0 Å². The number of nitrogens with zero attached hydrogens (tertiary/aromatic N) is 1. The Morgan fingerprint density at radius 1 is 1.36 bits per heavy atom. The summed E-state index contributed by atoms with van der Waals surface area (Å²) in [5.74, 6) is -0.0701. The first kappa shape index (κ1) is 10.7. The molecule has 0 aliphatic heterocycles. The zero-order valence-corrected chi connectivity index (χ0v) is 8.82. The van der Waals surface area contributed by atoms with Gasteiger partial charge in [0.2, 0.25) is 5.91 Å². The summed E-state index contributed by atoms with van der Waals surface area (Å²) >= 11 is 0. The third-order valence-electron chi connectivity index (χ3n) is 2.23. The van der Waals surface area contributed by atoms with Gasteiger partial charge >= 0.3 is 0 Å². The molecule has 0 aromatic heterocycles. The molecular formula is C11H16N2O. The van der Waals surface area contributed by atoms with E-state index in [1.54, 1.807) is 14.1 Å². The van der Waals surface area contributed by atoms with E-state index < -0.39 is 6.04 Å². The van der Waals surface area contributed by atoms with Crippen molar-refractivity contribution < 1.29 is 4.79 Å². The number of amides is 1. The number of carbonyl (C=O) groups excluding carboxylic acids is 1. The van der Waals surface area contributed by atoms with Crippen LogP contribution in [0.5, 0.6) is 0 Å². The predicted molar refractivity (Wildman–Crippen MR) is 56.8 cm³/mol. The maximum Gasteiger partial charge on any atom is 0.243 e. The Balaban J connectivity index is 2.95. The molecule has 1 amide bonds. The molecule has 0 radical (unpaired) electrons. The van der Waals surface area contributed by atoms with Gasteiger partial charge in [-0.25, -0.2) is 0 Å². The molecular weight excluding hydrogens is 176 g/mol. The Labute approximate surface area is 84.5 Å². The zero-order valence-electron chi connectivity index (χ0n) is 8.82. The highest BCUT2D eigenvalue weighted by Gasteiger charge is 2.18. The molecule has 14 heavy (non-hydrogen) atoms. The van der Waals surface area contributed by atoms with Crippen molar-refractivity contribution in [3.63, 3.8) is 0 Å². The molecule has 1 rings (SSSR count). The normalized spacial score (nSPS) is 12.3. The third kappa shape index (κ3) is 2.12. The van der Waals surface area contributed by atoms with Crippen LogP contribution in [-0.2, 0) is 4.79 Å². The average molecular weight is 192 g/mol. The summed E-state index contributed by atoms with van der Waals surface area (Å²) in [7, 11) is 3.42. The monoisotopic (exact) mass is 192 g/mol. The van der Waals surface area contributed by atoms with E-state index in [9.17, 15) is 4.79 Å². The number of likely N-dealkylation sites (N-methyl/N-ethyl adjacent to an activating group) is 1. The highest BCUT2D eigenvalue weighted by molar-refractivity contribution is 5.82. The second kappa shape index (κ2) is 4.24. The van der Waals surface area contributed by atoms with Gasteiger partial charge in [0.05, 0.1) is 0 Å². The van der Waals surface area contributed by atoms with Crippen LogP contribution in [0.3, 0.4) is 0 Å². The number of carbonyl (C=O) groups is 1. The smallest absolute Gasteiger partial charge is 0.243 e. The minimum atomic E-state index is -0.550. The number of hydrogen-bond donors (Lipinski definition) is 1. The lowest BCUT2D eigenvalue weighted by molar-refractivity contribution is -0.130. The lowest BCUT2D eigenvalue weighted by Crippen LogP contribution is -2.33. The highest BCUT2D eigenvalue weighted by Crippen LogP contribution is 2.16. The fraction of sp³-hybridized carbons (Fsp3) is 0.364. The summed E-state index contributed by atoms with van der Waals surface area (Å²) < 4.78 is 0. The van der Waals surface area contributed by atoms with Crippen LogP contribution < -0.4 is 5.73 Å². The minimum absolute atomic E-state index is 0.0701. The van der Waals surface area contributed by atoms with E-state index in [1.807, 2.05) is 31.2 Å². The zero-order chi connectivity index (χ0) is 10.7. The first-order chi connectivity index (χ1) is 6.54. The van der Waals surface area contributed by atoms with Crippen LogP contribution in [0, 0.1) is 6.92 Å². The molecule has 1 unspecified atom stereocenters. The summed E-state index contributed by atoms with van der Waals surface area (Å²) in [6, 6.07) is 7.13. The lowest BCUT2D eigenvalue weighted by atomic mass is 10.0. The Bertz CT molecular complexity index is 334. The van der Waals surface area contributed by atoms with Crippen LogP contribution in [0.15, 0.2) is 24.3 Å². The van der Waals surface area contributed by atoms with Crippen LogP contribution in [0.4, 0.5) is 0 Å². The first-order valence-corrected chi connectivity index (χ1v) is 4.56. The Morgan fingerprint density at radius 2 is 1.93 bits per heavy atom. The number of aryl methyl sites for hydroxylation is 1. The van der Waals surface area contributed by atoms with Gasteiger partial charge in [-0.05, 0) is 18.1 Å². The second-order valence-corrected chi connectivity index (χ2v) is 3.57. The van der Waals surface area contributed by atoms with Crippen LogP contribution >= 0.6 is 0 Å². The molecule has 1 atom stereocenters. The average Bonchev–Trinajstić information content (AvgIpc) is 2.16. The van der Waals surface area contributed by atoms with Crippen LogP contribution in [-0.4, -0.2) is 24.9 Å². The van der Waals surface area contributed by atoms with Gasteiger partial charge in [-0.15, -0.1) is 0 Å². The molecule has 1 aromatic carbocycles. The summed E-state index contributed by atoms with van der Waals surface area (Å²) in [4.78, 5) is 13.1. The molecule has 2 N–H and O–H groups in total. The van der Waals surface area contributed by atoms with Crippen molar-refractivity contribution in [1.82, 2.24) is 4.90 Å². The number of rotatable bonds is 2. The molecule has 0 aliphatic carbocycles. The molecule has 0 heterocycles. The summed E-state index contributed by atoms with van der Waals surface area (Å²) in [5.41, 5.74) is 7.79. The molecule has 0 fully saturated rings. The summed E-state index contributed by atoms with van der Waals surface area (Å²) in [5, 5.41) is 0. The Morgan fingerprint density at radius 3 is 2.43 bits per heavy atom. The van der Waals surface area contributed by atoms with Crippen molar-refractivity contribution >= 4 is 5.91 Å². The molecule has 0 aliphatic rings. The van der Waals surface area contributed by atoms with Crippen molar-refractivity contribution in [3.8, 4) is 0 Å². The molecule has 0 spiro atoms. The predicted octanol–water partition coefficient (Wildman–Crippen LogP) is 1.08. The second-order valence-electron chi connectivity index (χ2n) is 3.57. The molecule has 76 valence electrons. The first-order valence-electron chi connectivity index (χ1n) is 4.56. The van der Waals surface area contributed by atoms with Gasteiger partial charge in [0.25, 0.3) is 0 Å². The van der Waals surface area contributed by atoms with Crippen LogP contribution in [0.25, 0.3) is 0 Å². The SMILES string of the molecule is Cc1ccccc1C(N)C(=O)N(C)C. The highest BCUT2D eigenvalue weighted by atomic mass is 16.2. The van der Waals surface area contributed by atoms with E-state index in [2.05, 4.69) is 0 Å². The van der Waals surface area contributed by atoms with E-state index in [0.717, 1.165) is 11.1 Å². The van der Waals surface area contributed by atoms with Gasteiger partial charge in [0.15, 0.2) is 0 Å². The Kier molecular flexibility index (Phi) is 3.25. The summed E-state index contributed by atoms with van der Waals surface area (Å²) in [6.45, 7) is 1.96. The van der Waals surface area contributed by atoms with Gasteiger partial charge in [0, 0.05) is 14.1 Å². The number of hydrogen-bond acceptors (Lipinski definition) is 2. The quantitative estimate of drug-likeness (QED) is 0.762. The van der Waals surface area contributed by atoms with Crippen molar-refractivity contribution in [2.24, 2.45) is 5.73 Å². The van der Waals surface area contributed by atoms with Crippen LogP contribution in [0.2, 0.25) is 0 Å². The fourth-order valence-corrected chi connectivity index (χ4v) is 1.35. The maximum atomic E-state index is 11.6. The summed E-state index contributed by atoms with van der Waals surface area (Å²) in [6.07, 6.45) is 0. The van der Waals surface area contributed by atoms with Gasteiger partial charge in [-0.2, -0.15) is 0 Å². The molecule has 3 nitrogen and oxygen atoms in total. The van der Waals surface area contributed by atoms with Crippen LogP contribution in [0.1, 0.15) is 17.2 Å². The van der Waals surface area contributed by atoms with Gasteiger partial charge in [-0.3, -0.25) is 4.79 Å². The van der Waals surface area contributed by atoms with Crippen molar-refractivity contribution in [1.29, 1.82) is 0 Å². The maximum absolute atomic E-state index is 11.6. The Hall–Kier alpha value is -1.35. The van der Waals surface area contributed by atoms with Crippen molar-refractivity contribution in [2.75, 3.05) is 14.1 Å².